The molecule has 0 unspecified atom stereocenters. The first kappa shape index (κ1) is 7.87. The molecule has 0 spiro atoms. The summed E-state index contributed by atoms with van der Waals surface area (Å²) in [7, 11) is 0. The van der Waals surface area contributed by atoms with Gasteiger partial charge in [-0.2, -0.15) is 4.39 Å². The van der Waals surface area contributed by atoms with E-state index in [9.17, 15) is 9.18 Å². The highest BCUT2D eigenvalue weighted by molar-refractivity contribution is 5.03. The second-order valence-corrected chi connectivity index (χ2v) is 2.12. The van der Waals surface area contributed by atoms with Crippen molar-refractivity contribution in [2.24, 2.45) is 5.73 Å². The number of halogens is 1. The Kier molecular flexibility index (Phi) is 2.00. The zero-order valence-electron chi connectivity index (χ0n) is 6.02. The Morgan fingerprint density at radius 1 is 1.73 bits per heavy atom. The number of hydrogen-bond donors (Lipinski definition) is 2. The molecule has 0 saturated heterocycles. The molecule has 0 aliphatic heterocycles. The van der Waals surface area contributed by atoms with E-state index in [4.69, 9.17) is 5.73 Å². The molecule has 0 atom stereocenters. The van der Waals surface area contributed by atoms with Crippen LogP contribution in [0.4, 0.5) is 4.39 Å². The lowest BCUT2D eigenvalue weighted by Crippen LogP contribution is -2.19. The highest BCUT2D eigenvalue weighted by atomic mass is 19.1. The van der Waals surface area contributed by atoms with Gasteiger partial charge in [-0.25, -0.2) is 4.98 Å². The SMILES string of the molecule is Cc1nc(CN)[nH]c(=O)c1F. The van der Waals surface area contributed by atoms with Gasteiger partial charge < -0.3 is 10.7 Å². The average Bonchev–Trinajstić information content (AvgIpc) is 1.99. The lowest BCUT2D eigenvalue weighted by Gasteiger charge is -1.97. The van der Waals surface area contributed by atoms with Crippen LogP contribution in [-0.2, 0) is 6.54 Å². The summed E-state index contributed by atoms with van der Waals surface area (Å²) in [6.07, 6.45) is 0. The van der Waals surface area contributed by atoms with Crippen molar-refractivity contribution in [2.45, 2.75) is 13.5 Å². The standard InChI is InChI=1S/C6H8FN3O/c1-3-5(7)6(11)10-4(2-8)9-3/h2,8H2,1H3,(H,9,10,11). The molecule has 60 valence electrons. The fourth-order valence-electron chi connectivity index (χ4n) is 0.726. The molecule has 0 bridgehead atoms. The molecule has 1 aromatic heterocycles. The van der Waals surface area contributed by atoms with Crippen molar-refractivity contribution in [1.29, 1.82) is 0 Å². The average molecular weight is 157 g/mol. The van der Waals surface area contributed by atoms with Gasteiger partial charge in [-0.3, -0.25) is 4.79 Å². The lowest BCUT2D eigenvalue weighted by atomic mass is 10.4. The molecule has 0 aliphatic carbocycles. The van der Waals surface area contributed by atoms with Crippen molar-refractivity contribution in [1.82, 2.24) is 9.97 Å². The van der Waals surface area contributed by atoms with Crippen LogP contribution in [-0.4, -0.2) is 9.97 Å². The smallest absolute Gasteiger partial charge is 0.287 e. The topological polar surface area (TPSA) is 71.8 Å². The molecule has 1 rings (SSSR count). The number of nitrogens with zero attached hydrogens (tertiary/aromatic N) is 1. The number of nitrogens with one attached hydrogen (secondary N) is 1. The van der Waals surface area contributed by atoms with Crippen LogP contribution in [0.5, 0.6) is 0 Å². The maximum Gasteiger partial charge on any atom is 0.287 e. The molecule has 5 heteroatoms. The quantitative estimate of drug-likeness (QED) is 0.586. The molecule has 0 aromatic carbocycles. The van der Waals surface area contributed by atoms with Gasteiger partial charge >= 0.3 is 0 Å². The Bertz CT molecular complexity index is 320. The number of nitrogens with two attached hydrogens (primary N) is 1. The molecule has 0 radical (unpaired) electrons. The van der Waals surface area contributed by atoms with Crippen LogP contribution in [0.1, 0.15) is 11.5 Å². The second kappa shape index (κ2) is 2.79. The van der Waals surface area contributed by atoms with E-state index in [0.717, 1.165) is 0 Å². The first-order valence-corrected chi connectivity index (χ1v) is 3.10. The molecule has 3 N–H and O–H groups in total. The fraction of sp³-hybridized carbons (Fsp3) is 0.333. The predicted octanol–water partition coefficient (Wildman–Crippen LogP) is -0.324. The van der Waals surface area contributed by atoms with Gasteiger partial charge in [-0.15, -0.1) is 0 Å². The summed E-state index contributed by atoms with van der Waals surface area (Å²) in [6, 6.07) is 0. The minimum Gasteiger partial charge on any atom is -0.324 e. The van der Waals surface area contributed by atoms with Crippen molar-refractivity contribution >= 4 is 0 Å². The molecule has 0 saturated carbocycles. The highest BCUT2D eigenvalue weighted by Gasteiger charge is 2.04. The molecular formula is C6H8FN3O. The molecule has 1 heterocycles. The third kappa shape index (κ3) is 1.43. The zero-order valence-corrected chi connectivity index (χ0v) is 6.02. The summed E-state index contributed by atoms with van der Waals surface area (Å²) in [5.74, 6) is -0.545. The summed E-state index contributed by atoms with van der Waals surface area (Å²) < 4.78 is 12.6. The Morgan fingerprint density at radius 3 is 2.82 bits per heavy atom. The third-order valence-corrected chi connectivity index (χ3v) is 1.27. The van der Waals surface area contributed by atoms with Crippen molar-refractivity contribution < 1.29 is 4.39 Å². The van der Waals surface area contributed by atoms with Gasteiger partial charge in [-0.05, 0) is 6.92 Å². The summed E-state index contributed by atoms with van der Waals surface area (Å²) in [6.45, 7) is 1.53. The summed E-state index contributed by atoms with van der Waals surface area (Å²) in [5.41, 5.74) is 4.49. The molecule has 0 aliphatic rings. The number of rotatable bonds is 1. The Labute approximate surface area is 62.3 Å². The van der Waals surface area contributed by atoms with Crippen molar-refractivity contribution in [3.63, 3.8) is 0 Å². The van der Waals surface area contributed by atoms with Crippen molar-refractivity contribution in [2.75, 3.05) is 0 Å². The Balaban J connectivity index is 3.32. The zero-order chi connectivity index (χ0) is 8.43. The third-order valence-electron chi connectivity index (χ3n) is 1.27. The molecule has 11 heavy (non-hydrogen) atoms. The van der Waals surface area contributed by atoms with Crippen LogP contribution in [0.25, 0.3) is 0 Å². The molecular weight excluding hydrogens is 149 g/mol. The van der Waals surface area contributed by atoms with E-state index in [1.165, 1.54) is 6.92 Å². The van der Waals surface area contributed by atoms with Gasteiger partial charge in [0.05, 0.1) is 12.2 Å². The predicted molar refractivity (Wildman–Crippen MR) is 37.4 cm³/mol. The van der Waals surface area contributed by atoms with Gasteiger partial charge in [-0.1, -0.05) is 0 Å². The van der Waals surface area contributed by atoms with E-state index in [2.05, 4.69) is 9.97 Å². The number of hydrogen-bond acceptors (Lipinski definition) is 3. The Morgan fingerprint density at radius 2 is 2.36 bits per heavy atom. The van der Waals surface area contributed by atoms with E-state index in [0.29, 0.717) is 5.82 Å². The van der Waals surface area contributed by atoms with E-state index in [-0.39, 0.29) is 12.2 Å². The summed E-state index contributed by atoms with van der Waals surface area (Å²) in [4.78, 5) is 16.6. The number of H-pyrrole nitrogens is 1. The summed E-state index contributed by atoms with van der Waals surface area (Å²) in [5, 5.41) is 0. The van der Waals surface area contributed by atoms with E-state index < -0.39 is 11.4 Å². The molecule has 0 amide bonds. The largest absolute Gasteiger partial charge is 0.324 e. The lowest BCUT2D eigenvalue weighted by molar-refractivity contribution is 0.582. The van der Waals surface area contributed by atoms with Gasteiger partial charge in [0.2, 0.25) is 5.82 Å². The van der Waals surface area contributed by atoms with Crippen LogP contribution in [0.3, 0.4) is 0 Å². The van der Waals surface area contributed by atoms with E-state index >= 15 is 0 Å². The minimum absolute atomic E-state index is 0.0780. The van der Waals surface area contributed by atoms with Crippen molar-refractivity contribution in [3.8, 4) is 0 Å². The monoisotopic (exact) mass is 157 g/mol. The minimum atomic E-state index is -0.845. The fourth-order valence-corrected chi connectivity index (χ4v) is 0.726. The molecule has 4 nitrogen and oxygen atoms in total. The second-order valence-electron chi connectivity index (χ2n) is 2.12. The summed E-state index contributed by atoms with van der Waals surface area (Å²) >= 11 is 0. The first-order chi connectivity index (χ1) is 5.15. The number of aromatic amines is 1. The normalized spacial score (nSPS) is 10.1. The maximum absolute atomic E-state index is 12.6. The van der Waals surface area contributed by atoms with Gasteiger partial charge in [0, 0.05) is 0 Å². The van der Waals surface area contributed by atoms with Crippen LogP contribution in [0, 0.1) is 12.7 Å². The Hall–Kier alpha value is -1.23. The maximum atomic E-state index is 12.6. The highest BCUT2D eigenvalue weighted by Crippen LogP contribution is 1.94. The van der Waals surface area contributed by atoms with Gasteiger partial charge in [0.25, 0.3) is 5.56 Å². The molecule has 0 fully saturated rings. The van der Waals surface area contributed by atoms with E-state index in [1.54, 1.807) is 0 Å². The number of aryl methyl sites for hydroxylation is 1. The van der Waals surface area contributed by atoms with Crippen LogP contribution in [0.2, 0.25) is 0 Å². The first-order valence-electron chi connectivity index (χ1n) is 3.10. The van der Waals surface area contributed by atoms with Gasteiger partial charge in [0.15, 0.2) is 0 Å². The number of aromatic nitrogens is 2. The van der Waals surface area contributed by atoms with Gasteiger partial charge in [0.1, 0.15) is 5.82 Å². The van der Waals surface area contributed by atoms with Crippen LogP contribution < -0.4 is 11.3 Å². The van der Waals surface area contributed by atoms with Crippen molar-refractivity contribution in [3.05, 3.63) is 27.7 Å². The van der Waals surface area contributed by atoms with E-state index in [1.807, 2.05) is 0 Å². The molecule has 1 aromatic rings. The van der Waals surface area contributed by atoms with Crippen LogP contribution in [0.15, 0.2) is 4.79 Å². The van der Waals surface area contributed by atoms with Crippen LogP contribution >= 0.6 is 0 Å².